The van der Waals surface area contributed by atoms with E-state index in [4.69, 9.17) is 0 Å². The van der Waals surface area contributed by atoms with Crippen molar-refractivity contribution < 1.29 is 111 Å². The first-order chi connectivity index (χ1) is 0. The van der Waals surface area contributed by atoms with Gasteiger partial charge in [0, 0.05) is 111 Å². The molecule has 0 aromatic heterocycles. The minimum Gasteiger partial charge on any atom is 0 e. The van der Waals surface area contributed by atoms with Crippen molar-refractivity contribution in [1.29, 1.82) is 0 Å². The molecule has 0 amide bonds. The van der Waals surface area contributed by atoms with Crippen molar-refractivity contribution in [1.82, 2.24) is 0 Å². The molecule has 0 atom stereocenters. The molecule has 2 radical (unpaired) electrons. The van der Waals surface area contributed by atoms with Gasteiger partial charge in [-0.15, -0.1) is 0 Å². The van der Waals surface area contributed by atoms with Crippen LogP contribution in [0, 0.1) is 0 Å². The molecule has 0 rings (SSSR count). The van der Waals surface area contributed by atoms with Gasteiger partial charge in [0.1, 0.15) is 0 Å². The van der Waals surface area contributed by atoms with Gasteiger partial charge in [-0.25, -0.2) is 0 Å². The molecule has 0 aliphatic heterocycles. The smallest absolute Gasteiger partial charge is 0 e. The van der Waals surface area contributed by atoms with Crippen molar-refractivity contribution >= 4 is 0 Å². The maximum absolute atomic E-state index is 0. The molecule has 0 heterocycles. The Morgan fingerprint density at radius 3 is 1.00 bits per heavy atom. The Hall–Kier alpha value is 3.65. The van der Waals surface area contributed by atoms with Crippen molar-refractivity contribution in [2.75, 3.05) is 0 Å². The molecule has 0 saturated heterocycles. The van der Waals surface area contributed by atoms with Crippen LogP contribution < -0.4 is 0 Å². The molecule has 40 valence electrons. The van der Waals surface area contributed by atoms with Crippen LogP contribution in [0.1, 0.15) is 0 Å². The van der Waals surface area contributed by atoms with E-state index in [2.05, 4.69) is 0 Å². The summed E-state index contributed by atoms with van der Waals surface area (Å²) >= 11 is 0. The summed E-state index contributed by atoms with van der Waals surface area (Å²) in [5.41, 5.74) is 0. The van der Waals surface area contributed by atoms with E-state index >= 15 is 0 Å². The van der Waals surface area contributed by atoms with Gasteiger partial charge in [-0.05, 0) is 0 Å². The second kappa shape index (κ2) is 25.4. The molecular weight excluding hydrogens is 975 g/mol. The second-order valence-corrected chi connectivity index (χ2v) is 0. The van der Waals surface area contributed by atoms with E-state index in [9.17, 15) is 0 Å². The maximum atomic E-state index is 0. The molecule has 0 spiro atoms. The first-order valence-corrected chi connectivity index (χ1v) is 0. The second-order valence-electron chi connectivity index (χ2n) is 0. The largest absolute Gasteiger partial charge is 0 e. The van der Waals surface area contributed by atoms with E-state index < -0.39 is 0 Å². The molecule has 0 aromatic carbocycles. The Labute approximate surface area is 109 Å². The quantitative estimate of drug-likeness (QED) is 0.301. The van der Waals surface area contributed by atoms with E-state index in [1.54, 1.807) is 0 Å². The van der Waals surface area contributed by atoms with Gasteiger partial charge in [0.25, 0.3) is 0 Å². The summed E-state index contributed by atoms with van der Waals surface area (Å²) in [5, 5.41) is 0. The zero-order valence-corrected chi connectivity index (χ0v) is 16.9. The van der Waals surface area contributed by atoms with Crippen molar-refractivity contribution in [3.63, 3.8) is 0 Å². The van der Waals surface area contributed by atoms with Crippen LogP contribution in [0.5, 0.6) is 0 Å². The Morgan fingerprint density at radius 1 is 1.00 bits per heavy atom. The van der Waals surface area contributed by atoms with Gasteiger partial charge in [0.05, 0.1) is 0 Å². The molecule has 0 nitrogen and oxygen atoms in total. The third kappa shape index (κ3) is 18.3. The molecule has 0 aromatic rings. The van der Waals surface area contributed by atoms with E-state index in [0.29, 0.717) is 0 Å². The summed E-state index contributed by atoms with van der Waals surface area (Å²) in [6, 6.07) is 0. The molecule has 0 N–H and O–H groups in total. The molecular formula is AuHgIrOsPt. The fourth-order valence-corrected chi connectivity index (χ4v) is 0. The predicted octanol–water partition coefficient (Wildman–Crippen LogP) is -0.0125. The van der Waals surface area contributed by atoms with Gasteiger partial charge >= 0.3 is 0 Å². The van der Waals surface area contributed by atoms with Gasteiger partial charge in [0.2, 0.25) is 0 Å². The topological polar surface area (TPSA) is 0 Å². The van der Waals surface area contributed by atoms with Gasteiger partial charge < -0.3 is 0 Å². The average Bonchev–Trinajstić information content (AvgIpc) is 0. The number of hydrogen-bond acceptors (Lipinski definition) is 0. The zero-order valence-electron chi connectivity index (χ0n) is 2.01. The van der Waals surface area contributed by atoms with Crippen LogP contribution in [0.4, 0.5) is 0 Å². The number of rotatable bonds is 0. The first kappa shape index (κ1) is 38.0. The summed E-state index contributed by atoms with van der Waals surface area (Å²) in [6.07, 6.45) is 0. The van der Waals surface area contributed by atoms with Gasteiger partial charge in [-0.3, -0.25) is 0 Å². The van der Waals surface area contributed by atoms with Crippen LogP contribution in [-0.2, 0) is 111 Å². The van der Waals surface area contributed by atoms with E-state index in [1.165, 1.54) is 0 Å². The Kier molecular flexibility index (Phi) is 193. The van der Waals surface area contributed by atoms with Crippen molar-refractivity contribution in [2.24, 2.45) is 0 Å². The molecule has 0 bridgehead atoms. The maximum Gasteiger partial charge on any atom is 0 e. The molecule has 5 heteroatoms. The Bertz CT molecular complexity index is 11.6. The Balaban J connectivity index is 0. The minimum absolute atomic E-state index is 0. The summed E-state index contributed by atoms with van der Waals surface area (Å²) < 4.78 is 0. The van der Waals surface area contributed by atoms with Crippen LogP contribution in [0.15, 0.2) is 0 Å². The van der Waals surface area contributed by atoms with Crippen LogP contribution in [-0.4, -0.2) is 0 Å². The molecule has 0 unspecified atom stereocenters. The molecule has 0 saturated carbocycles. The van der Waals surface area contributed by atoms with E-state index in [0.717, 1.165) is 0 Å². The monoisotopic (exact) mass is 979 g/mol. The van der Waals surface area contributed by atoms with E-state index in [-0.39, 0.29) is 111 Å². The zero-order chi connectivity index (χ0) is 0. The molecule has 5 heavy (non-hydrogen) atoms. The first-order valence-electron chi connectivity index (χ1n) is 0. The molecule has 0 aliphatic carbocycles. The third-order valence-corrected chi connectivity index (χ3v) is 0. The minimum atomic E-state index is 0. The van der Waals surface area contributed by atoms with Gasteiger partial charge in [-0.1, -0.05) is 0 Å². The fraction of sp³-hybridized carbons (Fsp3) is 0. The molecule has 0 aliphatic rings. The number of hydrogen-bond donors (Lipinski definition) is 0. The predicted molar refractivity (Wildman–Crippen MR) is 0 cm³/mol. The van der Waals surface area contributed by atoms with Gasteiger partial charge in [-0.2, -0.15) is 0 Å². The summed E-state index contributed by atoms with van der Waals surface area (Å²) in [7, 11) is 0. The average molecular weight is 975 g/mol. The van der Waals surface area contributed by atoms with Crippen LogP contribution >= 0.6 is 0 Å². The van der Waals surface area contributed by atoms with Crippen LogP contribution in [0.2, 0.25) is 0 Å². The van der Waals surface area contributed by atoms with Crippen molar-refractivity contribution in [3.8, 4) is 0 Å². The summed E-state index contributed by atoms with van der Waals surface area (Å²) in [5.74, 6) is 0. The standard InChI is InChI=1S/Au.Hg.Ir.Os.Pt. The van der Waals surface area contributed by atoms with E-state index in [1.807, 2.05) is 0 Å². The van der Waals surface area contributed by atoms with Crippen LogP contribution in [0.25, 0.3) is 0 Å². The van der Waals surface area contributed by atoms with Crippen LogP contribution in [0.3, 0.4) is 0 Å². The fourth-order valence-electron chi connectivity index (χ4n) is 0. The van der Waals surface area contributed by atoms with Crippen molar-refractivity contribution in [3.05, 3.63) is 0 Å². The molecule has 0 fully saturated rings. The Morgan fingerprint density at radius 2 is 1.00 bits per heavy atom. The van der Waals surface area contributed by atoms with Crippen molar-refractivity contribution in [2.45, 2.75) is 0 Å². The SMILES string of the molecule is [Au].[Hg].[Ir].[Os].[Pt]. The third-order valence-electron chi connectivity index (χ3n) is 0. The van der Waals surface area contributed by atoms with Gasteiger partial charge in [0.15, 0.2) is 0 Å². The normalized spacial score (nSPS) is 0. The summed E-state index contributed by atoms with van der Waals surface area (Å²) in [4.78, 5) is 0. The summed E-state index contributed by atoms with van der Waals surface area (Å²) in [6.45, 7) is 0.